The van der Waals surface area contributed by atoms with Crippen molar-refractivity contribution < 1.29 is 24.5 Å². The molecule has 0 aliphatic heterocycles. The minimum Gasteiger partial charge on any atom is -0.480 e. The number of amides is 1. The Morgan fingerprint density at radius 3 is 2.62 bits per heavy atom. The average Bonchev–Trinajstić information content (AvgIpc) is 2.23. The van der Waals surface area contributed by atoms with Gasteiger partial charge in [0.1, 0.15) is 6.04 Å². The number of carboxylic acid groups (broad SMARTS) is 1. The van der Waals surface area contributed by atoms with E-state index in [1.54, 1.807) is 0 Å². The zero-order chi connectivity index (χ0) is 12.4. The van der Waals surface area contributed by atoms with Crippen molar-refractivity contribution >= 4 is 11.9 Å². The van der Waals surface area contributed by atoms with E-state index in [2.05, 4.69) is 5.32 Å². The number of carboxylic acids is 1. The topological polar surface area (TPSA) is 95.9 Å². The van der Waals surface area contributed by atoms with Gasteiger partial charge in [-0.25, -0.2) is 4.79 Å². The summed E-state index contributed by atoms with van der Waals surface area (Å²) >= 11 is 0. The molecule has 0 aliphatic carbocycles. The fourth-order valence-electron chi connectivity index (χ4n) is 1.13. The molecule has 0 rings (SSSR count). The van der Waals surface area contributed by atoms with Crippen molar-refractivity contribution in [3.05, 3.63) is 0 Å². The number of hydrogen-bond acceptors (Lipinski definition) is 4. The van der Waals surface area contributed by atoms with E-state index in [1.165, 1.54) is 0 Å². The average molecular weight is 233 g/mol. The van der Waals surface area contributed by atoms with Crippen LogP contribution in [0.5, 0.6) is 0 Å². The largest absolute Gasteiger partial charge is 0.480 e. The van der Waals surface area contributed by atoms with Gasteiger partial charge in [0.25, 0.3) is 0 Å². The smallest absolute Gasteiger partial charge is 0.326 e. The molecule has 1 unspecified atom stereocenters. The lowest BCUT2D eigenvalue weighted by Crippen LogP contribution is -2.41. The van der Waals surface area contributed by atoms with Crippen LogP contribution in [0.4, 0.5) is 0 Å². The van der Waals surface area contributed by atoms with Gasteiger partial charge in [-0.2, -0.15) is 0 Å². The van der Waals surface area contributed by atoms with E-state index in [4.69, 9.17) is 14.9 Å². The van der Waals surface area contributed by atoms with E-state index < -0.39 is 12.0 Å². The third kappa shape index (κ3) is 7.19. The lowest BCUT2D eigenvalue weighted by molar-refractivity contribution is -0.142. The molecule has 0 radical (unpaired) electrons. The van der Waals surface area contributed by atoms with Crippen LogP contribution in [0, 0.1) is 0 Å². The van der Waals surface area contributed by atoms with Crippen LogP contribution < -0.4 is 5.32 Å². The molecule has 0 aromatic carbocycles. The Morgan fingerprint density at radius 2 is 2.12 bits per heavy atom. The molecule has 3 N–H and O–H groups in total. The maximum Gasteiger partial charge on any atom is 0.326 e. The minimum absolute atomic E-state index is 0.0204. The predicted octanol–water partition coefficient (Wildman–Crippen LogP) is -0.245. The van der Waals surface area contributed by atoms with Crippen molar-refractivity contribution in [3.8, 4) is 0 Å². The number of hydrogen-bond donors (Lipinski definition) is 3. The lowest BCUT2D eigenvalue weighted by atomic mass is 10.2. The number of rotatable bonds is 9. The first-order valence-electron chi connectivity index (χ1n) is 5.32. The zero-order valence-electron chi connectivity index (χ0n) is 9.44. The summed E-state index contributed by atoms with van der Waals surface area (Å²) in [7, 11) is 0. The molecule has 0 fully saturated rings. The molecule has 0 spiro atoms. The monoisotopic (exact) mass is 233 g/mol. The fourth-order valence-corrected chi connectivity index (χ4v) is 1.13. The predicted molar refractivity (Wildman–Crippen MR) is 57.0 cm³/mol. The van der Waals surface area contributed by atoms with Gasteiger partial charge in [-0.1, -0.05) is 0 Å². The van der Waals surface area contributed by atoms with Crippen molar-refractivity contribution in [2.24, 2.45) is 0 Å². The van der Waals surface area contributed by atoms with Crippen LogP contribution in [0.15, 0.2) is 0 Å². The van der Waals surface area contributed by atoms with Gasteiger partial charge in [0, 0.05) is 32.7 Å². The van der Waals surface area contributed by atoms with Crippen LogP contribution in [0.2, 0.25) is 0 Å². The van der Waals surface area contributed by atoms with Gasteiger partial charge in [-0.15, -0.1) is 0 Å². The molecule has 6 nitrogen and oxygen atoms in total. The van der Waals surface area contributed by atoms with E-state index in [0.29, 0.717) is 19.6 Å². The number of carbonyl (C=O) groups excluding carboxylic acids is 1. The summed E-state index contributed by atoms with van der Waals surface area (Å²) in [6.45, 7) is 2.68. The Labute approximate surface area is 94.6 Å². The molecule has 6 heteroatoms. The number of carbonyl (C=O) groups is 2. The van der Waals surface area contributed by atoms with Crippen molar-refractivity contribution in [2.75, 3.05) is 19.8 Å². The summed E-state index contributed by atoms with van der Waals surface area (Å²) in [5.74, 6) is -1.47. The molecule has 1 amide bonds. The highest BCUT2D eigenvalue weighted by Gasteiger charge is 2.18. The molecule has 0 bridgehead atoms. The van der Waals surface area contributed by atoms with Gasteiger partial charge in [0.05, 0.1) is 0 Å². The van der Waals surface area contributed by atoms with Crippen molar-refractivity contribution in [1.82, 2.24) is 5.32 Å². The molecule has 94 valence electrons. The van der Waals surface area contributed by atoms with E-state index in [9.17, 15) is 9.59 Å². The number of aliphatic carboxylic acids is 1. The second kappa shape index (κ2) is 9.11. The Morgan fingerprint density at radius 1 is 1.44 bits per heavy atom. The molecular formula is C10H19NO5. The van der Waals surface area contributed by atoms with E-state index in [1.807, 2.05) is 6.92 Å². The number of ether oxygens (including phenoxy) is 1. The zero-order valence-corrected chi connectivity index (χ0v) is 9.44. The molecule has 0 saturated heterocycles. The first kappa shape index (κ1) is 14.9. The third-order valence-corrected chi connectivity index (χ3v) is 1.95. The summed E-state index contributed by atoms with van der Waals surface area (Å²) in [6, 6.07) is -1.01. The standard InChI is InChI=1S/C10H19NO5/c1-2-16-7-3-4-9(13)11-8(5-6-12)10(14)15/h8,12H,2-7H2,1H3,(H,11,13)(H,14,15). The summed E-state index contributed by atoms with van der Waals surface area (Å²) in [5.41, 5.74) is 0. The van der Waals surface area contributed by atoms with Gasteiger partial charge in [0.2, 0.25) is 5.91 Å². The number of nitrogens with one attached hydrogen (secondary N) is 1. The maximum atomic E-state index is 11.3. The molecule has 0 aliphatic rings. The van der Waals surface area contributed by atoms with Crippen molar-refractivity contribution in [2.45, 2.75) is 32.2 Å². The molecule has 0 saturated carbocycles. The van der Waals surface area contributed by atoms with Crippen LogP contribution in [0.1, 0.15) is 26.2 Å². The molecule has 16 heavy (non-hydrogen) atoms. The van der Waals surface area contributed by atoms with Crippen LogP contribution in [-0.4, -0.2) is 48.0 Å². The molecule has 0 aromatic heterocycles. The van der Waals surface area contributed by atoms with Crippen LogP contribution in [0.25, 0.3) is 0 Å². The Bertz CT molecular complexity index is 219. The number of aliphatic hydroxyl groups is 1. The number of aliphatic hydroxyl groups excluding tert-OH is 1. The summed E-state index contributed by atoms with van der Waals surface area (Å²) < 4.78 is 5.05. The summed E-state index contributed by atoms with van der Waals surface area (Å²) in [5, 5.41) is 19.7. The minimum atomic E-state index is -1.13. The van der Waals surface area contributed by atoms with E-state index in [-0.39, 0.29) is 25.4 Å². The lowest BCUT2D eigenvalue weighted by Gasteiger charge is -2.12. The SMILES string of the molecule is CCOCCCC(=O)NC(CCO)C(=O)O. The highest BCUT2D eigenvalue weighted by atomic mass is 16.5. The van der Waals surface area contributed by atoms with Crippen molar-refractivity contribution in [3.63, 3.8) is 0 Å². The molecule has 0 aromatic rings. The fraction of sp³-hybridized carbons (Fsp3) is 0.800. The second-order valence-corrected chi connectivity index (χ2v) is 3.27. The maximum absolute atomic E-state index is 11.3. The highest BCUT2D eigenvalue weighted by molar-refractivity contribution is 5.83. The van der Waals surface area contributed by atoms with Gasteiger partial charge < -0.3 is 20.3 Å². The first-order chi connectivity index (χ1) is 7.61. The first-order valence-corrected chi connectivity index (χ1v) is 5.32. The summed E-state index contributed by atoms with van der Waals surface area (Å²) in [6.07, 6.45) is 0.812. The van der Waals surface area contributed by atoms with Crippen LogP contribution in [-0.2, 0) is 14.3 Å². The Hall–Kier alpha value is -1.14. The third-order valence-electron chi connectivity index (χ3n) is 1.95. The molecule has 1 atom stereocenters. The Kier molecular flexibility index (Phi) is 8.46. The van der Waals surface area contributed by atoms with Crippen LogP contribution >= 0.6 is 0 Å². The summed E-state index contributed by atoms with van der Waals surface area (Å²) in [4.78, 5) is 21.9. The van der Waals surface area contributed by atoms with Gasteiger partial charge in [0.15, 0.2) is 0 Å². The molecular weight excluding hydrogens is 214 g/mol. The van der Waals surface area contributed by atoms with Crippen molar-refractivity contribution in [1.29, 1.82) is 0 Å². The Balaban J connectivity index is 3.77. The van der Waals surface area contributed by atoms with E-state index in [0.717, 1.165) is 0 Å². The quantitative estimate of drug-likeness (QED) is 0.477. The molecule has 0 heterocycles. The van der Waals surface area contributed by atoms with Gasteiger partial charge in [-0.05, 0) is 13.3 Å². The normalized spacial score (nSPS) is 12.1. The van der Waals surface area contributed by atoms with E-state index >= 15 is 0 Å². The highest BCUT2D eigenvalue weighted by Crippen LogP contribution is 1.95. The van der Waals surface area contributed by atoms with Gasteiger partial charge >= 0.3 is 5.97 Å². The van der Waals surface area contributed by atoms with Gasteiger partial charge in [-0.3, -0.25) is 4.79 Å². The van der Waals surface area contributed by atoms with Crippen LogP contribution in [0.3, 0.4) is 0 Å². The second-order valence-electron chi connectivity index (χ2n) is 3.27.